The lowest BCUT2D eigenvalue weighted by Gasteiger charge is -2.25. The van der Waals surface area contributed by atoms with Gasteiger partial charge in [0.25, 0.3) is 0 Å². The van der Waals surface area contributed by atoms with Gasteiger partial charge in [-0.3, -0.25) is 0 Å². The van der Waals surface area contributed by atoms with E-state index in [1.54, 1.807) is 6.08 Å². The van der Waals surface area contributed by atoms with E-state index in [1.165, 1.54) is 19.6 Å². The van der Waals surface area contributed by atoms with Crippen molar-refractivity contribution in [3.8, 4) is 28.7 Å². The fourth-order valence-electron chi connectivity index (χ4n) is 5.22. The van der Waals surface area contributed by atoms with Crippen molar-refractivity contribution in [2.45, 2.75) is 163 Å². The molecule has 0 fully saturated rings. The number of rotatable bonds is 32. The van der Waals surface area contributed by atoms with Crippen LogP contribution in [0.2, 0.25) is 0 Å². The van der Waals surface area contributed by atoms with Gasteiger partial charge in [-0.25, -0.2) is 4.79 Å². The summed E-state index contributed by atoms with van der Waals surface area (Å²) in [5.74, 6) is 2.27. The molecule has 0 radical (unpaired) electrons. The third-order valence-corrected chi connectivity index (χ3v) is 8.12. The molecule has 0 unspecified atom stereocenters. The number of benzene rings is 1. The minimum Gasteiger partial charge on any atom is -0.489 e. The molecule has 47 heavy (non-hydrogen) atoms. The smallest absolute Gasteiger partial charge is 0.330 e. The molecule has 1 aromatic carbocycles. The van der Waals surface area contributed by atoms with E-state index in [9.17, 15) is 4.79 Å². The lowest BCUT2D eigenvalue weighted by atomic mass is 10.1. The second-order valence-corrected chi connectivity index (χ2v) is 12.5. The first-order valence-electron chi connectivity index (χ1n) is 19.2. The Morgan fingerprint density at radius 3 is 0.979 bits per heavy atom. The monoisotopic (exact) mass is 663 g/mol. The maximum atomic E-state index is 12.4. The van der Waals surface area contributed by atoms with Crippen molar-refractivity contribution in [2.75, 3.05) is 40.1 Å². The normalized spacial score (nSPS) is 11.2. The second kappa shape index (κ2) is 29.6. The Morgan fingerprint density at radius 2 is 0.702 bits per heavy atom. The lowest BCUT2D eigenvalue weighted by Crippen LogP contribution is -2.12. The van der Waals surface area contributed by atoms with E-state index in [-0.39, 0.29) is 0 Å². The Kier molecular flexibility index (Phi) is 26.7. The Bertz CT molecular complexity index is 890. The maximum absolute atomic E-state index is 12.4. The zero-order chi connectivity index (χ0) is 34.4. The zero-order valence-corrected chi connectivity index (χ0v) is 31.2. The van der Waals surface area contributed by atoms with Gasteiger partial charge in [0.1, 0.15) is 0 Å². The Balaban J connectivity index is 3.83. The summed E-state index contributed by atoms with van der Waals surface area (Å²) < 4.78 is 38.0. The molecule has 0 N–H and O–H groups in total. The van der Waals surface area contributed by atoms with Gasteiger partial charge in [-0.05, 0) is 38.2 Å². The number of ether oxygens (including phenoxy) is 6. The van der Waals surface area contributed by atoms with Crippen LogP contribution in [0.15, 0.2) is 6.08 Å². The highest BCUT2D eigenvalue weighted by molar-refractivity contribution is 5.90. The van der Waals surface area contributed by atoms with Crippen LogP contribution < -0.4 is 23.7 Å². The van der Waals surface area contributed by atoms with Crippen LogP contribution in [-0.4, -0.2) is 46.1 Å². The average Bonchev–Trinajstić information content (AvgIpc) is 3.08. The molecule has 0 atom stereocenters. The van der Waals surface area contributed by atoms with Gasteiger partial charge in [0.2, 0.25) is 17.2 Å². The largest absolute Gasteiger partial charge is 0.489 e. The van der Waals surface area contributed by atoms with E-state index in [2.05, 4.69) is 34.6 Å². The fraction of sp³-hybridized carbons (Fsp3) is 0.775. The highest BCUT2D eigenvalue weighted by Gasteiger charge is 2.30. The Morgan fingerprint density at radius 1 is 0.426 bits per heavy atom. The predicted molar refractivity (Wildman–Crippen MR) is 196 cm³/mol. The summed E-state index contributed by atoms with van der Waals surface area (Å²) in [6.45, 7) is 13.7. The Labute approximate surface area is 288 Å². The van der Waals surface area contributed by atoms with Gasteiger partial charge >= 0.3 is 5.97 Å². The third kappa shape index (κ3) is 18.5. The van der Waals surface area contributed by atoms with Crippen LogP contribution >= 0.6 is 0 Å². The molecule has 0 bridgehead atoms. The molecule has 7 heteroatoms. The number of carbonyl (C=O) groups excluding carboxylic acids is 1. The molecule has 1 aromatic rings. The maximum Gasteiger partial charge on any atom is 0.330 e. The van der Waals surface area contributed by atoms with Crippen molar-refractivity contribution < 1.29 is 33.2 Å². The molecule has 0 aliphatic rings. The Hall–Kier alpha value is -2.57. The van der Waals surface area contributed by atoms with Gasteiger partial charge in [-0.2, -0.15) is 0 Å². The van der Waals surface area contributed by atoms with E-state index in [1.807, 2.05) is 0 Å². The van der Waals surface area contributed by atoms with E-state index in [0.29, 0.717) is 67.3 Å². The summed E-state index contributed by atoms with van der Waals surface area (Å²) in [5, 5.41) is 0. The highest BCUT2D eigenvalue weighted by atomic mass is 16.6. The number of carbonyl (C=O) groups is 1. The molecular weight excluding hydrogens is 592 g/mol. The van der Waals surface area contributed by atoms with Crippen molar-refractivity contribution in [1.82, 2.24) is 0 Å². The third-order valence-electron chi connectivity index (χ3n) is 8.12. The van der Waals surface area contributed by atoms with Crippen LogP contribution in [0.25, 0.3) is 6.08 Å². The van der Waals surface area contributed by atoms with Crippen molar-refractivity contribution in [3.05, 3.63) is 11.6 Å². The summed E-state index contributed by atoms with van der Waals surface area (Å²) in [4.78, 5) is 12.4. The van der Waals surface area contributed by atoms with Gasteiger partial charge in [-0.15, -0.1) is 0 Å². The average molecular weight is 663 g/mol. The molecule has 0 spiro atoms. The summed E-state index contributed by atoms with van der Waals surface area (Å²) >= 11 is 0. The van der Waals surface area contributed by atoms with Gasteiger partial charge in [-0.1, -0.05) is 131 Å². The molecule has 1 rings (SSSR count). The number of esters is 1. The molecule has 0 aromatic heterocycles. The van der Waals surface area contributed by atoms with Crippen molar-refractivity contribution >= 4 is 12.0 Å². The minimum absolute atomic E-state index is 0.451. The standard InChI is InChI=1S/C40H70O7/c1-7-12-17-22-29-43-36-34(27-28-35(41)42-6)37(44-30-23-18-13-8-2)39(46-32-25-20-15-10-4)40(47-33-26-21-16-11-5)38(36)45-31-24-19-14-9-3/h27-28H,7-26,29-33H2,1-6H3. The molecule has 0 aliphatic heterocycles. The van der Waals surface area contributed by atoms with Crippen LogP contribution in [-0.2, 0) is 9.53 Å². The molecule has 0 heterocycles. The molecule has 0 aliphatic carbocycles. The van der Waals surface area contributed by atoms with Gasteiger partial charge in [0.05, 0.1) is 45.7 Å². The van der Waals surface area contributed by atoms with E-state index < -0.39 is 5.97 Å². The second-order valence-electron chi connectivity index (χ2n) is 12.5. The van der Waals surface area contributed by atoms with Crippen LogP contribution in [0.1, 0.15) is 169 Å². The molecule has 0 saturated heterocycles. The quantitative estimate of drug-likeness (QED) is 0.0432. The first-order chi connectivity index (χ1) is 23.1. The van der Waals surface area contributed by atoms with Gasteiger partial charge in [0, 0.05) is 6.08 Å². The SMILES string of the molecule is CCCCCCOc1c(C=CC(=O)OC)c(OCCCCCC)c(OCCCCCC)c(OCCCCCC)c1OCCCCCC. The topological polar surface area (TPSA) is 72.5 Å². The first-order valence-corrected chi connectivity index (χ1v) is 19.2. The number of hydrogen-bond acceptors (Lipinski definition) is 7. The number of hydrogen-bond donors (Lipinski definition) is 0. The van der Waals surface area contributed by atoms with E-state index >= 15 is 0 Å². The summed E-state index contributed by atoms with van der Waals surface area (Å²) in [6.07, 6.45) is 24.8. The lowest BCUT2D eigenvalue weighted by molar-refractivity contribution is -0.134. The number of methoxy groups -OCH3 is 1. The van der Waals surface area contributed by atoms with Crippen LogP contribution in [0, 0.1) is 0 Å². The molecular formula is C40H70O7. The van der Waals surface area contributed by atoms with Crippen molar-refractivity contribution in [2.24, 2.45) is 0 Å². The van der Waals surface area contributed by atoms with Crippen LogP contribution in [0.4, 0.5) is 0 Å². The van der Waals surface area contributed by atoms with Crippen molar-refractivity contribution in [3.63, 3.8) is 0 Å². The van der Waals surface area contributed by atoms with Gasteiger partial charge < -0.3 is 28.4 Å². The van der Waals surface area contributed by atoms with E-state index in [4.69, 9.17) is 28.4 Å². The van der Waals surface area contributed by atoms with Crippen LogP contribution in [0.5, 0.6) is 28.7 Å². The zero-order valence-electron chi connectivity index (χ0n) is 31.2. The molecule has 7 nitrogen and oxygen atoms in total. The van der Waals surface area contributed by atoms with Gasteiger partial charge in [0.15, 0.2) is 11.5 Å². The highest BCUT2D eigenvalue weighted by Crippen LogP contribution is 2.55. The summed E-state index contributed by atoms with van der Waals surface area (Å²) in [7, 11) is 1.38. The number of unbranched alkanes of at least 4 members (excludes halogenated alkanes) is 15. The van der Waals surface area contributed by atoms with E-state index in [0.717, 1.165) is 122 Å². The first kappa shape index (κ1) is 42.5. The van der Waals surface area contributed by atoms with Crippen LogP contribution in [0.3, 0.4) is 0 Å². The predicted octanol–water partition coefficient (Wildman–Crippen LogP) is 11.7. The summed E-state index contributed by atoms with van der Waals surface area (Å²) in [6, 6.07) is 0. The molecule has 0 saturated carbocycles. The minimum atomic E-state index is -0.451. The molecule has 272 valence electrons. The van der Waals surface area contributed by atoms with Crippen molar-refractivity contribution in [1.29, 1.82) is 0 Å². The summed E-state index contributed by atoms with van der Waals surface area (Å²) in [5.41, 5.74) is 0.631. The fourth-order valence-corrected chi connectivity index (χ4v) is 5.22. The molecule has 0 amide bonds.